The summed E-state index contributed by atoms with van der Waals surface area (Å²) in [7, 11) is 1.45. The average molecular weight is 472 g/mol. The van der Waals surface area contributed by atoms with Gasteiger partial charge in [-0.1, -0.05) is 0 Å². The maximum atomic E-state index is 12.7. The van der Waals surface area contributed by atoms with Gasteiger partial charge in [0.15, 0.2) is 30.1 Å². The molecule has 0 saturated heterocycles. The summed E-state index contributed by atoms with van der Waals surface area (Å²) in [5.41, 5.74) is 0.0117. The fourth-order valence-corrected chi connectivity index (χ4v) is 3.10. The van der Waals surface area contributed by atoms with E-state index in [-0.39, 0.29) is 60.4 Å². The zero-order valence-corrected chi connectivity index (χ0v) is 18.9. The molecule has 1 aromatic heterocycles. The van der Waals surface area contributed by atoms with Crippen LogP contribution in [0.15, 0.2) is 45.6 Å². The molecule has 1 N–H and O–H groups in total. The number of hydrogen-bond donors (Lipinski definition) is 1. The highest BCUT2D eigenvalue weighted by Crippen LogP contribution is 2.35. The molecule has 3 rings (SSSR count). The van der Waals surface area contributed by atoms with Crippen LogP contribution in [0.25, 0.3) is 22.3 Å². The van der Waals surface area contributed by atoms with Crippen LogP contribution in [0.4, 0.5) is 0 Å². The standard InChI is InChI=1S/C24H24O10/c1-4-30-22(27)12-32-15-9-16(25)24-17(26)11-19(34-21(24)10-15)14-6-7-18(29-3)20(8-14)33-13-23(28)31-5-2/h6-11,25H,4-5,12-13H2,1-3H3. The summed E-state index contributed by atoms with van der Waals surface area (Å²) in [6.45, 7) is 3.08. The van der Waals surface area contributed by atoms with Crippen molar-refractivity contribution in [2.45, 2.75) is 13.8 Å². The van der Waals surface area contributed by atoms with Crippen molar-refractivity contribution in [2.75, 3.05) is 33.5 Å². The number of rotatable bonds is 10. The summed E-state index contributed by atoms with van der Waals surface area (Å²) in [4.78, 5) is 35.9. The van der Waals surface area contributed by atoms with Crippen LogP contribution in [-0.2, 0) is 19.1 Å². The number of aromatic hydroxyl groups is 1. The van der Waals surface area contributed by atoms with Crippen LogP contribution in [0.5, 0.6) is 23.0 Å². The normalized spacial score (nSPS) is 10.6. The van der Waals surface area contributed by atoms with Crippen molar-refractivity contribution in [3.8, 4) is 34.3 Å². The van der Waals surface area contributed by atoms with Gasteiger partial charge in [0.25, 0.3) is 0 Å². The minimum atomic E-state index is -0.578. The summed E-state index contributed by atoms with van der Waals surface area (Å²) < 4.78 is 31.6. The Morgan fingerprint density at radius 1 is 0.912 bits per heavy atom. The van der Waals surface area contributed by atoms with Gasteiger partial charge in [0.1, 0.15) is 28.2 Å². The van der Waals surface area contributed by atoms with E-state index >= 15 is 0 Å². The van der Waals surface area contributed by atoms with Gasteiger partial charge >= 0.3 is 11.9 Å². The van der Waals surface area contributed by atoms with Gasteiger partial charge in [-0.25, -0.2) is 9.59 Å². The minimum Gasteiger partial charge on any atom is -0.507 e. The van der Waals surface area contributed by atoms with E-state index in [0.29, 0.717) is 11.3 Å². The van der Waals surface area contributed by atoms with E-state index < -0.39 is 17.4 Å². The predicted molar refractivity (Wildman–Crippen MR) is 120 cm³/mol. The molecule has 3 aromatic rings. The van der Waals surface area contributed by atoms with E-state index in [2.05, 4.69) is 0 Å². The fraction of sp³-hybridized carbons (Fsp3) is 0.292. The third kappa shape index (κ3) is 5.77. The molecule has 0 aliphatic heterocycles. The van der Waals surface area contributed by atoms with Crippen molar-refractivity contribution in [2.24, 2.45) is 0 Å². The largest absolute Gasteiger partial charge is 0.507 e. The van der Waals surface area contributed by atoms with Crippen LogP contribution in [-0.4, -0.2) is 50.6 Å². The molecule has 0 saturated carbocycles. The first kappa shape index (κ1) is 24.4. The maximum Gasteiger partial charge on any atom is 0.344 e. The van der Waals surface area contributed by atoms with E-state index in [0.717, 1.165) is 0 Å². The zero-order valence-electron chi connectivity index (χ0n) is 18.9. The monoisotopic (exact) mass is 472 g/mol. The van der Waals surface area contributed by atoms with Gasteiger partial charge in [0.05, 0.1) is 20.3 Å². The van der Waals surface area contributed by atoms with Crippen LogP contribution in [0.1, 0.15) is 13.8 Å². The van der Waals surface area contributed by atoms with Gasteiger partial charge in [-0.2, -0.15) is 0 Å². The highest BCUT2D eigenvalue weighted by Gasteiger charge is 2.16. The van der Waals surface area contributed by atoms with E-state index in [1.54, 1.807) is 32.0 Å². The lowest BCUT2D eigenvalue weighted by atomic mass is 10.1. The smallest absolute Gasteiger partial charge is 0.344 e. The zero-order chi connectivity index (χ0) is 24.7. The highest BCUT2D eigenvalue weighted by molar-refractivity contribution is 5.86. The molecule has 0 spiro atoms. The number of carbonyl (C=O) groups excluding carboxylic acids is 2. The van der Waals surface area contributed by atoms with Crippen LogP contribution in [0, 0.1) is 0 Å². The van der Waals surface area contributed by atoms with Crippen molar-refractivity contribution in [3.05, 3.63) is 46.6 Å². The quantitative estimate of drug-likeness (QED) is 0.439. The van der Waals surface area contributed by atoms with E-state index in [4.69, 9.17) is 28.1 Å². The molecule has 10 nitrogen and oxygen atoms in total. The molecule has 10 heteroatoms. The predicted octanol–water partition coefficient (Wildman–Crippen LogP) is 3.06. The molecule has 2 aromatic carbocycles. The first-order chi connectivity index (χ1) is 16.4. The lowest BCUT2D eigenvalue weighted by molar-refractivity contribution is -0.146. The number of esters is 2. The molecule has 0 fully saturated rings. The minimum absolute atomic E-state index is 0.0421. The Bertz CT molecular complexity index is 1240. The Kier molecular flexibility index (Phi) is 7.96. The summed E-state index contributed by atoms with van der Waals surface area (Å²) in [5.74, 6) is -0.586. The van der Waals surface area contributed by atoms with Gasteiger partial charge in [0, 0.05) is 23.8 Å². The van der Waals surface area contributed by atoms with Crippen molar-refractivity contribution in [3.63, 3.8) is 0 Å². The number of carbonyl (C=O) groups is 2. The number of fused-ring (bicyclic) bond motifs is 1. The second-order valence-electron chi connectivity index (χ2n) is 6.84. The second kappa shape index (κ2) is 11.1. The number of phenolic OH excluding ortho intramolecular Hbond substituents is 1. The van der Waals surface area contributed by atoms with Crippen molar-refractivity contribution >= 4 is 22.9 Å². The lowest BCUT2D eigenvalue weighted by Crippen LogP contribution is -2.15. The van der Waals surface area contributed by atoms with Crippen LogP contribution in [0.2, 0.25) is 0 Å². The first-order valence-electron chi connectivity index (χ1n) is 10.4. The van der Waals surface area contributed by atoms with Crippen LogP contribution >= 0.6 is 0 Å². The molecule has 0 aliphatic rings. The lowest BCUT2D eigenvalue weighted by Gasteiger charge is -2.12. The molecule has 1 heterocycles. The van der Waals surface area contributed by atoms with E-state index in [1.807, 2.05) is 0 Å². The molecule has 0 aliphatic carbocycles. The molecule has 0 amide bonds. The number of phenols is 1. The summed E-state index contributed by atoms with van der Waals surface area (Å²) in [6.07, 6.45) is 0. The van der Waals surface area contributed by atoms with Gasteiger partial charge in [0.2, 0.25) is 0 Å². The highest BCUT2D eigenvalue weighted by atomic mass is 16.6. The van der Waals surface area contributed by atoms with Crippen molar-refractivity contribution in [1.82, 2.24) is 0 Å². The van der Waals surface area contributed by atoms with Crippen LogP contribution < -0.4 is 19.6 Å². The van der Waals surface area contributed by atoms with Gasteiger partial charge in [-0.3, -0.25) is 4.79 Å². The number of methoxy groups -OCH3 is 1. The summed E-state index contributed by atoms with van der Waals surface area (Å²) in [5, 5.41) is 10.3. The Balaban J connectivity index is 1.95. The summed E-state index contributed by atoms with van der Waals surface area (Å²) >= 11 is 0. The molecule has 0 radical (unpaired) electrons. The fourth-order valence-electron chi connectivity index (χ4n) is 3.10. The number of ether oxygens (including phenoxy) is 5. The van der Waals surface area contributed by atoms with E-state index in [9.17, 15) is 19.5 Å². The number of benzene rings is 2. The Labute approximate surface area is 194 Å². The van der Waals surface area contributed by atoms with E-state index in [1.165, 1.54) is 25.3 Å². The molecular weight excluding hydrogens is 448 g/mol. The van der Waals surface area contributed by atoms with Gasteiger partial charge < -0.3 is 33.2 Å². The topological polar surface area (TPSA) is 131 Å². The summed E-state index contributed by atoms with van der Waals surface area (Å²) in [6, 6.07) is 8.60. The van der Waals surface area contributed by atoms with Crippen molar-refractivity contribution < 1.29 is 42.8 Å². The van der Waals surface area contributed by atoms with Crippen molar-refractivity contribution in [1.29, 1.82) is 0 Å². The third-order valence-electron chi connectivity index (χ3n) is 4.54. The molecular formula is C24H24O10. The Morgan fingerprint density at radius 3 is 2.24 bits per heavy atom. The molecule has 0 atom stereocenters. The third-order valence-corrected chi connectivity index (χ3v) is 4.54. The van der Waals surface area contributed by atoms with Crippen LogP contribution in [0.3, 0.4) is 0 Å². The molecule has 0 unspecified atom stereocenters. The Hall–Kier alpha value is -4.21. The SMILES string of the molecule is CCOC(=O)COc1cc(O)c2c(=O)cc(-c3ccc(OC)c(OCC(=O)OCC)c3)oc2c1. The second-order valence-corrected chi connectivity index (χ2v) is 6.84. The molecule has 0 bridgehead atoms. The average Bonchev–Trinajstić information content (AvgIpc) is 2.81. The first-order valence-corrected chi connectivity index (χ1v) is 10.4. The Morgan fingerprint density at radius 2 is 1.59 bits per heavy atom. The maximum absolute atomic E-state index is 12.7. The molecule has 180 valence electrons. The van der Waals surface area contributed by atoms with Gasteiger partial charge in [-0.05, 0) is 32.0 Å². The number of hydrogen-bond acceptors (Lipinski definition) is 10. The molecule has 34 heavy (non-hydrogen) atoms. The van der Waals surface area contributed by atoms with Gasteiger partial charge in [-0.15, -0.1) is 0 Å².